The lowest BCUT2D eigenvalue weighted by molar-refractivity contribution is -0.149. The minimum absolute atomic E-state index is 0.0359. The molecule has 0 aliphatic carbocycles. The van der Waals surface area contributed by atoms with Gasteiger partial charge in [0.15, 0.2) is 0 Å². The fourth-order valence-electron chi connectivity index (χ4n) is 2.94. The minimum atomic E-state index is -0.379. The van der Waals surface area contributed by atoms with Crippen molar-refractivity contribution in [2.45, 2.75) is 25.1 Å². The number of nitrogens with one attached hydrogen (secondary N) is 2. The molecule has 2 aromatic rings. The van der Waals surface area contributed by atoms with Crippen LogP contribution in [0.1, 0.15) is 12.0 Å². The predicted molar refractivity (Wildman–Crippen MR) is 101 cm³/mol. The molecule has 6 heteroatoms. The van der Waals surface area contributed by atoms with E-state index in [2.05, 4.69) is 10.6 Å². The van der Waals surface area contributed by atoms with Gasteiger partial charge in [0.25, 0.3) is 0 Å². The van der Waals surface area contributed by atoms with E-state index in [1.807, 2.05) is 42.5 Å². The third-order valence-electron chi connectivity index (χ3n) is 4.27. The number of carbonyl (C=O) groups excluding carboxylic acids is 1. The Kier molecular flexibility index (Phi) is 6.89. The lowest BCUT2D eigenvalue weighted by Crippen LogP contribution is -2.60. The second-order valence-electron chi connectivity index (χ2n) is 6.18. The summed E-state index contributed by atoms with van der Waals surface area (Å²) in [6, 6.07) is 16.6. The van der Waals surface area contributed by atoms with E-state index in [9.17, 15) is 4.79 Å². The molecule has 0 saturated carbocycles. The Morgan fingerprint density at radius 1 is 1.08 bits per heavy atom. The van der Waals surface area contributed by atoms with Crippen LogP contribution in [0.5, 0.6) is 5.75 Å². The first-order valence-electron chi connectivity index (χ1n) is 8.78. The van der Waals surface area contributed by atoms with Gasteiger partial charge in [0, 0.05) is 24.2 Å². The lowest BCUT2D eigenvalue weighted by Gasteiger charge is -2.32. The molecule has 1 fully saturated rings. The van der Waals surface area contributed by atoms with Gasteiger partial charge in [-0.1, -0.05) is 48.0 Å². The summed E-state index contributed by atoms with van der Waals surface area (Å²) < 4.78 is 11.2. The molecule has 3 rings (SSSR count). The molecule has 1 aliphatic rings. The Bertz CT molecular complexity index is 711. The number of piperazine rings is 1. The van der Waals surface area contributed by atoms with Gasteiger partial charge in [0.05, 0.1) is 6.61 Å². The zero-order valence-electron chi connectivity index (χ0n) is 14.5. The van der Waals surface area contributed by atoms with Crippen molar-refractivity contribution >= 4 is 17.6 Å². The van der Waals surface area contributed by atoms with Gasteiger partial charge in [-0.15, -0.1) is 0 Å². The van der Waals surface area contributed by atoms with Gasteiger partial charge < -0.3 is 20.1 Å². The van der Waals surface area contributed by atoms with E-state index in [0.717, 1.165) is 24.4 Å². The molecular weight excluding hydrogens is 352 g/mol. The van der Waals surface area contributed by atoms with E-state index in [1.54, 1.807) is 12.1 Å². The molecule has 26 heavy (non-hydrogen) atoms. The average molecular weight is 375 g/mol. The third-order valence-corrected chi connectivity index (χ3v) is 4.50. The second kappa shape index (κ2) is 9.57. The van der Waals surface area contributed by atoms with Gasteiger partial charge in [-0.25, -0.2) is 0 Å². The standard InChI is InChI=1S/C20H23ClN2O3/c21-16-7-4-8-17(13-16)25-12-9-18-19(23-11-10-22-18)20(24)26-14-15-5-2-1-3-6-15/h1-8,13,18-19,22-23H,9-12,14H2/t18-,19?/m1/s1. The van der Waals surface area contributed by atoms with E-state index >= 15 is 0 Å². The van der Waals surface area contributed by atoms with Crippen LogP contribution < -0.4 is 15.4 Å². The molecule has 0 bridgehead atoms. The quantitative estimate of drug-likeness (QED) is 0.730. The van der Waals surface area contributed by atoms with Gasteiger partial charge in [-0.2, -0.15) is 0 Å². The zero-order chi connectivity index (χ0) is 18.2. The van der Waals surface area contributed by atoms with Crippen LogP contribution in [0, 0.1) is 0 Å². The zero-order valence-corrected chi connectivity index (χ0v) is 15.2. The average Bonchev–Trinajstić information content (AvgIpc) is 2.67. The van der Waals surface area contributed by atoms with Crippen LogP contribution in [0.4, 0.5) is 0 Å². The van der Waals surface area contributed by atoms with E-state index in [4.69, 9.17) is 21.1 Å². The van der Waals surface area contributed by atoms with Crippen LogP contribution >= 0.6 is 11.6 Å². The van der Waals surface area contributed by atoms with Gasteiger partial charge in [0.1, 0.15) is 18.4 Å². The molecule has 2 aromatic carbocycles. The van der Waals surface area contributed by atoms with Gasteiger partial charge in [-0.3, -0.25) is 4.79 Å². The molecular formula is C20H23ClN2O3. The summed E-state index contributed by atoms with van der Waals surface area (Å²) in [7, 11) is 0. The summed E-state index contributed by atoms with van der Waals surface area (Å²) in [6.45, 7) is 2.31. The Morgan fingerprint density at radius 2 is 1.88 bits per heavy atom. The van der Waals surface area contributed by atoms with Crippen molar-refractivity contribution in [2.24, 2.45) is 0 Å². The van der Waals surface area contributed by atoms with Gasteiger partial charge >= 0.3 is 5.97 Å². The maximum Gasteiger partial charge on any atom is 0.325 e. The van der Waals surface area contributed by atoms with E-state index in [-0.39, 0.29) is 24.7 Å². The van der Waals surface area contributed by atoms with Crippen molar-refractivity contribution in [3.8, 4) is 5.75 Å². The van der Waals surface area contributed by atoms with Gasteiger partial charge in [0.2, 0.25) is 0 Å². The van der Waals surface area contributed by atoms with Crippen LogP contribution in [0.3, 0.4) is 0 Å². The molecule has 2 N–H and O–H groups in total. The van der Waals surface area contributed by atoms with Gasteiger partial charge in [-0.05, 0) is 30.2 Å². The fourth-order valence-corrected chi connectivity index (χ4v) is 3.12. The molecule has 0 radical (unpaired) electrons. The van der Waals surface area contributed by atoms with Crippen LogP contribution in [0.2, 0.25) is 5.02 Å². The summed E-state index contributed by atoms with van der Waals surface area (Å²) in [5.41, 5.74) is 0.977. The summed E-state index contributed by atoms with van der Waals surface area (Å²) in [5.74, 6) is 0.485. The molecule has 1 aliphatic heterocycles. The minimum Gasteiger partial charge on any atom is -0.493 e. The molecule has 1 unspecified atom stereocenters. The second-order valence-corrected chi connectivity index (χ2v) is 6.62. The van der Waals surface area contributed by atoms with Crippen molar-refractivity contribution in [1.82, 2.24) is 10.6 Å². The summed E-state index contributed by atoms with van der Waals surface area (Å²) in [5, 5.41) is 7.27. The smallest absolute Gasteiger partial charge is 0.325 e. The number of carbonyl (C=O) groups is 1. The van der Waals surface area contributed by atoms with E-state index in [1.165, 1.54) is 0 Å². The highest BCUT2D eigenvalue weighted by molar-refractivity contribution is 6.30. The number of rotatable bonds is 7. The normalized spacial score (nSPS) is 19.7. The maximum absolute atomic E-state index is 12.5. The van der Waals surface area contributed by atoms with Crippen LogP contribution in [0.15, 0.2) is 54.6 Å². The molecule has 0 aromatic heterocycles. The summed E-state index contributed by atoms with van der Waals surface area (Å²) in [6.07, 6.45) is 0.685. The fraction of sp³-hybridized carbons (Fsp3) is 0.350. The molecule has 138 valence electrons. The number of hydrogen-bond donors (Lipinski definition) is 2. The summed E-state index contributed by atoms with van der Waals surface area (Å²) in [4.78, 5) is 12.5. The first-order chi connectivity index (χ1) is 12.7. The molecule has 5 nitrogen and oxygen atoms in total. The molecule has 0 amide bonds. The Hall–Kier alpha value is -2.08. The van der Waals surface area contributed by atoms with Crippen LogP contribution in [-0.2, 0) is 16.1 Å². The SMILES string of the molecule is O=C(OCc1ccccc1)C1NCCN[C@@H]1CCOc1cccc(Cl)c1. The Labute approximate surface area is 158 Å². The van der Waals surface area contributed by atoms with E-state index in [0.29, 0.717) is 18.1 Å². The van der Waals surface area contributed by atoms with Crippen molar-refractivity contribution in [3.63, 3.8) is 0 Å². The third kappa shape index (κ3) is 5.46. The molecule has 1 heterocycles. The first-order valence-corrected chi connectivity index (χ1v) is 9.16. The number of hydrogen-bond acceptors (Lipinski definition) is 5. The monoisotopic (exact) mass is 374 g/mol. The Balaban J connectivity index is 1.49. The Morgan fingerprint density at radius 3 is 2.69 bits per heavy atom. The van der Waals surface area contributed by atoms with Crippen molar-refractivity contribution in [2.75, 3.05) is 19.7 Å². The van der Waals surface area contributed by atoms with Crippen molar-refractivity contribution in [3.05, 3.63) is 65.2 Å². The highest BCUT2D eigenvalue weighted by atomic mass is 35.5. The topological polar surface area (TPSA) is 59.6 Å². The highest BCUT2D eigenvalue weighted by Crippen LogP contribution is 2.18. The van der Waals surface area contributed by atoms with Crippen molar-refractivity contribution in [1.29, 1.82) is 0 Å². The van der Waals surface area contributed by atoms with Crippen LogP contribution in [0.25, 0.3) is 0 Å². The molecule has 0 spiro atoms. The largest absolute Gasteiger partial charge is 0.493 e. The van der Waals surface area contributed by atoms with E-state index < -0.39 is 0 Å². The maximum atomic E-state index is 12.5. The predicted octanol–water partition coefficient (Wildman–Crippen LogP) is 2.78. The number of ether oxygens (including phenoxy) is 2. The number of benzene rings is 2. The molecule has 1 saturated heterocycles. The molecule has 2 atom stereocenters. The lowest BCUT2D eigenvalue weighted by atomic mass is 10.0. The van der Waals surface area contributed by atoms with Crippen molar-refractivity contribution < 1.29 is 14.3 Å². The number of esters is 1. The number of halogens is 1. The first kappa shape index (κ1) is 18.7. The van der Waals surface area contributed by atoms with Crippen LogP contribution in [-0.4, -0.2) is 37.7 Å². The summed E-state index contributed by atoms with van der Waals surface area (Å²) >= 11 is 5.96. The highest BCUT2D eigenvalue weighted by Gasteiger charge is 2.31.